The highest BCUT2D eigenvalue weighted by Gasteiger charge is 2.27. The fraction of sp³-hybridized carbons (Fsp3) is 0.231. The number of carbonyl (C=O) groups excluding carboxylic acids is 2. The molecule has 2 rings (SSSR count). The zero-order valence-corrected chi connectivity index (χ0v) is 9.46. The Kier molecular flexibility index (Phi) is 2.38. The van der Waals surface area contributed by atoms with Crippen molar-refractivity contribution in [3.8, 4) is 0 Å². The summed E-state index contributed by atoms with van der Waals surface area (Å²) in [6.45, 7) is 3.77. The van der Waals surface area contributed by atoms with Crippen molar-refractivity contribution in [2.24, 2.45) is 0 Å². The van der Waals surface area contributed by atoms with E-state index >= 15 is 0 Å². The van der Waals surface area contributed by atoms with Gasteiger partial charge in [0, 0.05) is 17.2 Å². The predicted octanol–water partition coefficient (Wildman–Crippen LogP) is 2.21. The molecule has 16 heavy (non-hydrogen) atoms. The lowest BCUT2D eigenvalue weighted by atomic mass is 9.88. The molecule has 0 spiro atoms. The molecule has 0 N–H and O–H groups in total. The van der Waals surface area contributed by atoms with Gasteiger partial charge in [-0.2, -0.15) is 0 Å². The minimum Gasteiger partial charge on any atom is -0.492 e. The number of aryl methyl sites for hydroxylation is 1. The summed E-state index contributed by atoms with van der Waals surface area (Å²) in [5.74, 6) is -0.270. The first-order valence-electron chi connectivity index (χ1n) is 5.01. The first kappa shape index (κ1) is 10.6. The van der Waals surface area contributed by atoms with Gasteiger partial charge < -0.3 is 4.74 Å². The van der Waals surface area contributed by atoms with E-state index in [1.807, 2.05) is 19.9 Å². The Labute approximate surface area is 93.7 Å². The van der Waals surface area contributed by atoms with Crippen molar-refractivity contribution < 1.29 is 14.3 Å². The molecule has 1 aromatic carbocycles. The molecule has 0 bridgehead atoms. The second-order valence-corrected chi connectivity index (χ2v) is 3.84. The van der Waals surface area contributed by atoms with Crippen molar-refractivity contribution >= 4 is 11.6 Å². The van der Waals surface area contributed by atoms with Gasteiger partial charge in [-0.1, -0.05) is 6.07 Å². The third kappa shape index (κ3) is 1.36. The van der Waals surface area contributed by atoms with Gasteiger partial charge in [-0.05, 0) is 31.0 Å². The van der Waals surface area contributed by atoms with Crippen LogP contribution in [0.1, 0.15) is 31.8 Å². The normalized spacial score (nSPS) is 14.6. The largest absolute Gasteiger partial charge is 0.492 e. The van der Waals surface area contributed by atoms with Gasteiger partial charge in [-0.25, -0.2) is 0 Å². The highest BCUT2D eigenvalue weighted by Crippen LogP contribution is 2.26. The van der Waals surface area contributed by atoms with E-state index in [1.54, 1.807) is 6.07 Å². The van der Waals surface area contributed by atoms with Gasteiger partial charge in [0.05, 0.1) is 7.11 Å². The highest BCUT2D eigenvalue weighted by molar-refractivity contribution is 6.24. The average molecular weight is 216 g/mol. The zero-order chi connectivity index (χ0) is 11.9. The first-order chi connectivity index (χ1) is 7.56. The predicted molar refractivity (Wildman–Crippen MR) is 59.7 cm³/mol. The van der Waals surface area contributed by atoms with Gasteiger partial charge in [0.15, 0.2) is 11.5 Å². The number of Topliss-reactive ketones (excluding diaryl/α,β-unsaturated/α-hetero) is 1. The summed E-state index contributed by atoms with van der Waals surface area (Å²) in [4.78, 5) is 23.8. The van der Waals surface area contributed by atoms with E-state index in [-0.39, 0.29) is 17.3 Å². The van der Waals surface area contributed by atoms with Gasteiger partial charge in [0.25, 0.3) is 0 Å². The summed E-state index contributed by atoms with van der Waals surface area (Å²) in [6.07, 6.45) is 1.26. The number of methoxy groups -OCH3 is 1. The van der Waals surface area contributed by atoms with E-state index < -0.39 is 0 Å². The number of rotatable bonds is 1. The molecule has 3 heteroatoms. The summed E-state index contributed by atoms with van der Waals surface area (Å²) < 4.78 is 4.89. The molecule has 82 valence electrons. The van der Waals surface area contributed by atoms with Crippen molar-refractivity contribution in [2.75, 3.05) is 7.11 Å². The second kappa shape index (κ2) is 3.59. The SMILES string of the molecule is COC1=CC(=O)c2c(ccc(C)c2C)C1=O. The van der Waals surface area contributed by atoms with E-state index in [2.05, 4.69) is 0 Å². The zero-order valence-electron chi connectivity index (χ0n) is 9.46. The molecule has 3 nitrogen and oxygen atoms in total. The van der Waals surface area contributed by atoms with Crippen molar-refractivity contribution in [2.45, 2.75) is 13.8 Å². The van der Waals surface area contributed by atoms with E-state index in [1.165, 1.54) is 13.2 Å². The Morgan fingerprint density at radius 3 is 2.44 bits per heavy atom. The maximum Gasteiger partial charge on any atom is 0.228 e. The molecule has 0 saturated heterocycles. The van der Waals surface area contributed by atoms with Crippen LogP contribution in [0.5, 0.6) is 0 Å². The first-order valence-corrected chi connectivity index (χ1v) is 5.01. The van der Waals surface area contributed by atoms with E-state index in [9.17, 15) is 9.59 Å². The summed E-state index contributed by atoms with van der Waals surface area (Å²) >= 11 is 0. The van der Waals surface area contributed by atoms with Gasteiger partial charge in [-0.15, -0.1) is 0 Å². The fourth-order valence-corrected chi connectivity index (χ4v) is 1.86. The Bertz CT molecular complexity index is 524. The fourth-order valence-electron chi connectivity index (χ4n) is 1.86. The average Bonchev–Trinajstić information content (AvgIpc) is 2.27. The van der Waals surface area contributed by atoms with Gasteiger partial charge in [-0.3, -0.25) is 9.59 Å². The summed E-state index contributed by atoms with van der Waals surface area (Å²) in [5.41, 5.74) is 2.81. The molecule has 1 aliphatic carbocycles. The molecule has 1 aliphatic rings. The van der Waals surface area contributed by atoms with Gasteiger partial charge >= 0.3 is 0 Å². The third-order valence-electron chi connectivity index (χ3n) is 2.93. The van der Waals surface area contributed by atoms with Crippen molar-refractivity contribution in [1.82, 2.24) is 0 Å². The molecular weight excluding hydrogens is 204 g/mol. The molecule has 0 aliphatic heterocycles. The Morgan fingerprint density at radius 2 is 1.81 bits per heavy atom. The number of ketones is 2. The van der Waals surface area contributed by atoms with Crippen LogP contribution in [0.4, 0.5) is 0 Å². The van der Waals surface area contributed by atoms with Crippen molar-refractivity contribution in [3.05, 3.63) is 46.2 Å². The van der Waals surface area contributed by atoms with Crippen LogP contribution in [-0.2, 0) is 4.74 Å². The van der Waals surface area contributed by atoms with Crippen LogP contribution in [-0.4, -0.2) is 18.7 Å². The lowest BCUT2D eigenvalue weighted by Gasteiger charge is -2.17. The van der Waals surface area contributed by atoms with Gasteiger partial charge in [0.1, 0.15) is 0 Å². The molecular formula is C13H12O3. The maximum absolute atomic E-state index is 11.9. The number of hydrogen-bond donors (Lipinski definition) is 0. The van der Waals surface area contributed by atoms with Crippen LogP contribution < -0.4 is 0 Å². The maximum atomic E-state index is 11.9. The smallest absolute Gasteiger partial charge is 0.228 e. The van der Waals surface area contributed by atoms with Crippen LogP contribution >= 0.6 is 0 Å². The minimum atomic E-state index is -0.222. The van der Waals surface area contributed by atoms with Crippen LogP contribution in [0.3, 0.4) is 0 Å². The molecule has 0 heterocycles. The van der Waals surface area contributed by atoms with E-state index in [0.717, 1.165) is 11.1 Å². The third-order valence-corrected chi connectivity index (χ3v) is 2.93. The topological polar surface area (TPSA) is 43.4 Å². The Hall–Kier alpha value is -1.90. The van der Waals surface area contributed by atoms with E-state index in [0.29, 0.717) is 11.1 Å². The summed E-state index contributed by atoms with van der Waals surface area (Å²) in [6, 6.07) is 3.53. The summed E-state index contributed by atoms with van der Waals surface area (Å²) in [7, 11) is 1.39. The molecule has 0 atom stereocenters. The molecule has 0 unspecified atom stereocenters. The van der Waals surface area contributed by atoms with Crippen LogP contribution in [0.25, 0.3) is 0 Å². The Morgan fingerprint density at radius 1 is 1.12 bits per heavy atom. The van der Waals surface area contributed by atoms with Crippen LogP contribution in [0.2, 0.25) is 0 Å². The second-order valence-electron chi connectivity index (χ2n) is 3.84. The molecule has 0 amide bonds. The van der Waals surface area contributed by atoms with E-state index in [4.69, 9.17) is 4.74 Å². The highest BCUT2D eigenvalue weighted by atomic mass is 16.5. The molecule has 0 fully saturated rings. The van der Waals surface area contributed by atoms with Crippen LogP contribution in [0, 0.1) is 13.8 Å². The number of hydrogen-bond acceptors (Lipinski definition) is 3. The van der Waals surface area contributed by atoms with Gasteiger partial charge in [0.2, 0.25) is 5.78 Å². The van der Waals surface area contributed by atoms with Crippen molar-refractivity contribution in [3.63, 3.8) is 0 Å². The number of benzene rings is 1. The minimum absolute atomic E-state index is 0.112. The molecule has 0 saturated carbocycles. The monoisotopic (exact) mass is 216 g/mol. The lowest BCUT2D eigenvalue weighted by Crippen LogP contribution is -2.19. The number of fused-ring (bicyclic) bond motifs is 1. The molecule has 0 radical (unpaired) electrons. The molecule has 0 aromatic heterocycles. The Balaban J connectivity index is 2.70. The van der Waals surface area contributed by atoms with Crippen LogP contribution in [0.15, 0.2) is 24.0 Å². The molecule has 1 aromatic rings. The standard InChI is InChI=1S/C13H12O3/c1-7-4-5-9-12(8(7)2)10(14)6-11(16-3)13(9)15/h4-6H,1-3H3. The van der Waals surface area contributed by atoms with Crippen molar-refractivity contribution in [1.29, 1.82) is 0 Å². The quantitative estimate of drug-likeness (QED) is 0.722. The number of carbonyl (C=O) groups is 2. The number of ether oxygens (including phenoxy) is 1. The lowest BCUT2D eigenvalue weighted by molar-refractivity contribution is 0.0916. The summed E-state index contributed by atoms with van der Waals surface area (Å²) in [5, 5.41) is 0. The number of allylic oxidation sites excluding steroid dienone is 2.